The molecule has 0 atom stereocenters. The molecule has 8 nitrogen and oxygen atoms in total. The van der Waals surface area contributed by atoms with E-state index in [9.17, 15) is 14.4 Å². The van der Waals surface area contributed by atoms with E-state index in [0.29, 0.717) is 28.2 Å². The third-order valence-electron chi connectivity index (χ3n) is 2.85. The molecule has 21 heavy (non-hydrogen) atoms. The maximum absolute atomic E-state index is 12.1. The zero-order valence-corrected chi connectivity index (χ0v) is 10.9. The van der Waals surface area contributed by atoms with E-state index in [2.05, 4.69) is 20.4 Å². The Balaban J connectivity index is 1.96. The van der Waals surface area contributed by atoms with Crippen molar-refractivity contribution in [2.45, 2.75) is 6.92 Å². The first kappa shape index (κ1) is 12.9. The lowest BCUT2D eigenvalue weighted by atomic mass is 10.2. The second-order valence-electron chi connectivity index (χ2n) is 4.45. The lowest BCUT2D eigenvalue weighted by molar-refractivity contribution is 0.102. The molecule has 3 N–H and O–H groups in total. The van der Waals surface area contributed by atoms with E-state index in [1.54, 1.807) is 13.0 Å². The van der Waals surface area contributed by atoms with Gasteiger partial charge in [0.25, 0.3) is 5.91 Å². The number of carbonyl (C=O) groups excluding carboxylic acids is 1. The number of nitrogens with zero attached hydrogens (tertiary/aromatic N) is 1. The topological polar surface area (TPSA) is 121 Å². The number of H-pyrrole nitrogens is 2. The highest BCUT2D eigenvalue weighted by molar-refractivity contribution is 6.05. The summed E-state index contributed by atoms with van der Waals surface area (Å²) in [5, 5.41) is 6.22. The molecule has 8 heteroatoms. The second-order valence-corrected chi connectivity index (χ2v) is 4.45. The molecule has 2 heterocycles. The first-order chi connectivity index (χ1) is 10.0. The number of carbonyl (C=O) groups is 1. The summed E-state index contributed by atoms with van der Waals surface area (Å²) in [5.74, 6) is 0.468. The van der Waals surface area contributed by atoms with Crippen molar-refractivity contribution in [3.63, 3.8) is 0 Å². The molecule has 2 aromatic heterocycles. The smallest absolute Gasteiger partial charge is 0.314 e. The average Bonchev–Trinajstić information content (AvgIpc) is 2.85. The summed E-state index contributed by atoms with van der Waals surface area (Å²) in [4.78, 5) is 39.4. The first-order valence-corrected chi connectivity index (χ1v) is 6.04. The molecule has 0 saturated carbocycles. The van der Waals surface area contributed by atoms with Crippen molar-refractivity contribution in [3.8, 4) is 0 Å². The van der Waals surface area contributed by atoms with E-state index in [-0.39, 0.29) is 0 Å². The number of amides is 1. The van der Waals surface area contributed by atoms with Crippen LogP contribution in [-0.2, 0) is 0 Å². The average molecular weight is 286 g/mol. The van der Waals surface area contributed by atoms with Gasteiger partial charge in [0.1, 0.15) is 5.76 Å². The maximum atomic E-state index is 12.1. The lowest BCUT2D eigenvalue weighted by Gasteiger charge is -2.03. The van der Waals surface area contributed by atoms with Gasteiger partial charge in [-0.1, -0.05) is 5.16 Å². The predicted octanol–water partition coefficient (Wildman–Crippen LogP) is 0.765. The highest BCUT2D eigenvalue weighted by Gasteiger charge is 2.10. The molecular formula is C13H10N4O4. The fraction of sp³-hybridized carbons (Fsp3) is 0.0769. The summed E-state index contributed by atoms with van der Waals surface area (Å²) in [5.41, 5.74) is -0.396. The Morgan fingerprint density at radius 3 is 2.52 bits per heavy atom. The fourth-order valence-electron chi connectivity index (χ4n) is 1.87. The molecule has 1 amide bonds. The Labute approximate surface area is 116 Å². The summed E-state index contributed by atoms with van der Waals surface area (Å²) < 4.78 is 4.85. The van der Waals surface area contributed by atoms with Crippen LogP contribution < -0.4 is 16.4 Å². The van der Waals surface area contributed by atoms with Gasteiger partial charge in [0.2, 0.25) is 0 Å². The number of fused-ring (bicyclic) bond motifs is 1. The quantitative estimate of drug-likeness (QED) is 0.601. The van der Waals surface area contributed by atoms with Gasteiger partial charge in [0.05, 0.1) is 11.0 Å². The van der Waals surface area contributed by atoms with E-state index < -0.39 is 17.0 Å². The van der Waals surface area contributed by atoms with E-state index in [4.69, 9.17) is 4.52 Å². The van der Waals surface area contributed by atoms with Gasteiger partial charge in [0, 0.05) is 11.6 Å². The van der Waals surface area contributed by atoms with Crippen molar-refractivity contribution in [2.24, 2.45) is 0 Å². The molecule has 0 aliphatic heterocycles. The molecule has 106 valence electrons. The van der Waals surface area contributed by atoms with Gasteiger partial charge in [-0.05, 0) is 25.1 Å². The van der Waals surface area contributed by atoms with Crippen LogP contribution in [0, 0.1) is 6.92 Å². The van der Waals surface area contributed by atoms with E-state index in [1.807, 2.05) is 0 Å². The Morgan fingerprint density at radius 1 is 1.14 bits per heavy atom. The summed E-state index contributed by atoms with van der Waals surface area (Å²) >= 11 is 0. The van der Waals surface area contributed by atoms with E-state index in [0.717, 1.165) is 0 Å². The number of benzene rings is 1. The number of rotatable bonds is 2. The molecular weight excluding hydrogens is 276 g/mol. The minimum atomic E-state index is -0.771. The maximum Gasteiger partial charge on any atom is 0.314 e. The predicted molar refractivity (Wildman–Crippen MR) is 74.4 cm³/mol. The van der Waals surface area contributed by atoms with Crippen molar-refractivity contribution in [2.75, 3.05) is 5.32 Å². The highest BCUT2D eigenvalue weighted by Crippen LogP contribution is 2.12. The number of nitrogens with one attached hydrogen (secondary N) is 3. The standard InChI is InChI=1S/C13H10N4O4/c1-6-4-10(17-21-6)16-11(18)7-2-3-8-9(5-7)15-13(20)12(19)14-8/h2-5H,1H3,(H,14,19)(H,15,20)(H,16,17,18). The lowest BCUT2D eigenvalue weighted by Crippen LogP contribution is -2.29. The van der Waals surface area contributed by atoms with Crippen LogP contribution in [0.25, 0.3) is 11.0 Å². The van der Waals surface area contributed by atoms with Gasteiger partial charge in [0.15, 0.2) is 5.82 Å². The summed E-state index contributed by atoms with van der Waals surface area (Å²) in [6, 6.07) is 6.11. The second kappa shape index (κ2) is 4.75. The zero-order valence-electron chi connectivity index (χ0n) is 10.9. The fourth-order valence-corrected chi connectivity index (χ4v) is 1.87. The first-order valence-electron chi connectivity index (χ1n) is 6.04. The Kier molecular flexibility index (Phi) is 2.90. The number of aryl methyl sites for hydroxylation is 1. The zero-order chi connectivity index (χ0) is 15.0. The molecule has 0 aliphatic carbocycles. The third kappa shape index (κ3) is 2.46. The van der Waals surface area contributed by atoms with Crippen LogP contribution in [-0.4, -0.2) is 21.0 Å². The Bertz CT molecular complexity index is 950. The SMILES string of the molecule is Cc1cc(NC(=O)c2ccc3[nH]c(=O)c(=O)[nH]c3c2)no1. The van der Waals surface area contributed by atoms with E-state index in [1.165, 1.54) is 18.2 Å². The molecule has 0 radical (unpaired) electrons. The van der Waals surface area contributed by atoms with Crippen LogP contribution in [0.15, 0.2) is 38.4 Å². The molecule has 0 unspecified atom stereocenters. The molecule has 3 aromatic rings. The van der Waals surface area contributed by atoms with E-state index >= 15 is 0 Å². The molecule has 0 bridgehead atoms. The summed E-state index contributed by atoms with van der Waals surface area (Å²) in [6.07, 6.45) is 0. The van der Waals surface area contributed by atoms with Crippen molar-refractivity contribution >= 4 is 22.8 Å². The van der Waals surface area contributed by atoms with Gasteiger partial charge >= 0.3 is 11.1 Å². The van der Waals surface area contributed by atoms with Crippen LogP contribution in [0.2, 0.25) is 0 Å². The van der Waals surface area contributed by atoms with Gasteiger partial charge < -0.3 is 19.8 Å². The van der Waals surface area contributed by atoms with Crippen LogP contribution in [0.3, 0.4) is 0 Å². The normalized spacial score (nSPS) is 10.7. The van der Waals surface area contributed by atoms with Crippen LogP contribution in [0.5, 0.6) is 0 Å². The molecule has 1 aromatic carbocycles. The third-order valence-corrected chi connectivity index (χ3v) is 2.85. The number of hydrogen-bond donors (Lipinski definition) is 3. The highest BCUT2D eigenvalue weighted by atomic mass is 16.5. The summed E-state index contributed by atoms with van der Waals surface area (Å²) in [7, 11) is 0. The van der Waals surface area contributed by atoms with Gasteiger partial charge in [-0.15, -0.1) is 0 Å². The van der Waals surface area contributed by atoms with Gasteiger partial charge in [-0.3, -0.25) is 14.4 Å². The Hall–Kier alpha value is -3.16. The van der Waals surface area contributed by atoms with Crippen LogP contribution >= 0.6 is 0 Å². The number of aromatic amines is 2. The monoisotopic (exact) mass is 286 g/mol. The van der Waals surface area contributed by atoms with Crippen molar-refractivity contribution < 1.29 is 9.32 Å². The largest absolute Gasteiger partial charge is 0.360 e. The van der Waals surface area contributed by atoms with Crippen LogP contribution in [0.1, 0.15) is 16.1 Å². The van der Waals surface area contributed by atoms with Crippen molar-refractivity contribution in [3.05, 3.63) is 56.3 Å². The minimum Gasteiger partial charge on any atom is -0.360 e. The van der Waals surface area contributed by atoms with Crippen molar-refractivity contribution in [1.29, 1.82) is 0 Å². The molecule has 0 fully saturated rings. The van der Waals surface area contributed by atoms with Gasteiger partial charge in [-0.2, -0.15) is 0 Å². The molecule has 0 aliphatic rings. The number of aromatic nitrogens is 3. The Morgan fingerprint density at radius 2 is 1.86 bits per heavy atom. The number of anilines is 1. The molecule has 0 saturated heterocycles. The summed E-state index contributed by atoms with van der Waals surface area (Å²) in [6.45, 7) is 1.71. The molecule has 0 spiro atoms. The minimum absolute atomic E-state index is 0.299. The number of hydrogen-bond acceptors (Lipinski definition) is 5. The van der Waals surface area contributed by atoms with Crippen LogP contribution in [0.4, 0.5) is 5.82 Å². The van der Waals surface area contributed by atoms with Gasteiger partial charge in [-0.25, -0.2) is 0 Å². The molecule has 3 rings (SSSR count). The van der Waals surface area contributed by atoms with Crippen molar-refractivity contribution in [1.82, 2.24) is 15.1 Å².